The number of imidazole rings is 1. The Balaban J connectivity index is 1.39. The van der Waals surface area contributed by atoms with E-state index in [9.17, 15) is 9.59 Å². The Bertz CT molecular complexity index is 1220. The zero-order valence-electron chi connectivity index (χ0n) is 19.3. The Labute approximate surface area is 192 Å². The molecule has 4 heterocycles. The third kappa shape index (κ3) is 3.51. The van der Waals surface area contributed by atoms with E-state index in [0.29, 0.717) is 61.2 Å². The number of piperidine rings is 1. The van der Waals surface area contributed by atoms with Crippen molar-refractivity contribution < 1.29 is 9.59 Å². The highest BCUT2D eigenvalue weighted by atomic mass is 16.2. The molecule has 9 heteroatoms. The first kappa shape index (κ1) is 21.4. The molecule has 1 spiro atoms. The molecule has 5 rings (SSSR count). The van der Waals surface area contributed by atoms with Crippen molar-refractivity contribution >= 4 is 34.5 Å². The molecule has 2 aliphatic heterocycles. The molecule has 172 valence electrons. The first-order valence-electron chi connectivity index (χ1n) is 11.5. The minimum atomic E-state index is -0.495. The molecule has 0 aliphatic carbocycles. The second-order valence-electron chi connectivity index (χ2n) is 9.37. The predicted octanol–water partition coefficient (Wildman–Crippen LogP) is 2.63. The van der Waals surface area contributed by atoms with Crippen LogP contribution in [-0.4, -0.2) is 51.0 Å². The van der Waals surface area contributed by atoms with Gasteiger partial charge in [0.15, 0.2) is 17.0 Å². The average molecular weight is 448 g/mol. The van der Waals surface area contributed by atoms with Crippen LogP contribution >= 0.6 is 0 Å². The largest absolute Gasteiger partial charge is 0.355 e. The van der Waals surface area contributed by atoms with Gasteiger partial charge in [0.25, 0.3) is 5.91 Å². The van der Waals surface area contributed by atoms with Crippen LogP contribution in [0.5, 0.6) is 0 Å². The van der Waals surface area contributed by atoms with E-state index in [1.165, 1.54) is 6.33 Å². The van der Waals surface area contributed by atoms with Gasteiger partial charge in [-0.1, -0.05) is 32.0 Å². The smallest absolute Gasteiger partial charge is 0.287 e. The van der Waals surface area contributed by atoms with Crippen molar-refractivity contribution in [2.24, 2.45) is 13.0 Å². The number of nitrogens with zero attached hydrogens (tertiary/aromatic N) is 5. The predicted molar refractivity (Wildman–Crippen MR) is 126 cm³/mol. The summed E-state index contributed by atoms with van der Waals surface area (Å²) in [6.07, 6.45) is 3.81. The molecule has 3 aromatic rings. The number of anilines is 2. The van der Waals surface area contributed by atoms with E-state index in [-0.39, 0.29) is 11.8 Å². The van der Waals surface area contributed by atoms with E-state index in [2.05, 4.69) is 50.4 Å². The number of hydrogen-bond donors (Lipinski definition) is 2. The van der Waals surface area contributed by atoms with Crippen molar-refractivity contribution in [3.05, 3.63) is 42.0 Å². The maximum atomic E-state index is 12.9. The third-order valence-electron chi connectivity index (χ3n) is 6.89. The summed E-state index contributed by atoms with van der Waals surface area (Å²) in [6.45, 7) is 6.19. The molecule has 0 radical (unpaired) electrons. The molecule has 2 aliphatic rings. The molecule has 1 aromatic carbocycles. The van der Waals surface area contributed by atoms with Gasteiger partial charge in [-0.2, -0.15) is 0 Å². The second kappa shape index (κ2) is 8.13. The lowest BCUT2D eigenvalue weighted by atomic mass is 9.73. The van der Waals surface area contributed by atoms with Crippen LogP contribution in [0.2, 0.25) is 0 Å². The Morgan fingerprint density at radius 1 is 1.21 bits per heavy atom. The summed E-state index contributed by atoms with van der Waals surface area (Å²) in [6, 6.07) is 7.95. The first-order chi connectivity index (χ1) is 15.9. The summed E-state index contributed by atoms with van der Waals surface area (Å²) in [5.41, 5.74) is 2.74. The first-order valence-corrected chi connectivity index (χ1v) is 11.5. The Morgan fingerprint density at radius 3 is 2.73 bits per heavy atom. The van der Waals surface area contributed by atoms with E-state index in [1.807, 2.05) is 18.2 Å². The van der Waals surface area contributed by atoms with Crippen molar-refractivity contribution in [1.82, 2.24) is 24.8 Å². The molecule has 2 amide bonds. The summed E-state index contributed by atoms with van der Waals surface area (Å²) in [5.74, 6) is 1.42. The van der Waals surface area contributed by atoms with E-state index >= 15 is 0 Å². The fourth-order valence-electron chi connectivity index (χ4n) is 4.95. The number of amides is 2. The summed E-state index contributed by atoms with van der Waals surface area (Å²) in [5, 5.41) is 6.00. The average Bonchev–Trinajstić information content (AvgIpc) is 3.29. The van der Waals surface area contributed by atoms with Crippen molar-refractivity contribution in [2.45, 2.75) is 38.5 Å². The number of carbonyl (C=O) groups excluding carboxylic acids is 2. The molecule has 2 aromatic heterocycles. The van der Waals surface area contributed by atoms with Gasteiger partial charge in [0.1, 0.15) is 6.33 Å². The molecule has 1 fully saturated rings. The van der Waals surface area contributed by atoms with Crippen molar-refractivity contribution in [3.8, 4) is 0 Å². The fraction of sp³-hybridized carbons (Fsp3) is 0.458. The van der Waals surface area contributed by atoms with Crippen molar-refractivity contribution in [3.63, 3.8) is 0 Å². The number of carbonyl (C=O) groups is 2. The minimum absolute atomic E-state index is 0.0781. The van der Waals surface area contributed by atoms with Crippen LogP contribution in [0, 0.1) is 5.92 Å². The van der Waals surface area contributed by atoms with Crippen LogP contribution in [0.25, 0.3) is 11.2 Å². The number of para-hydroxylation sites is 1. The summed E-state index contributed by atoms with van der Waals surface area (Å²) in [7, 11) is 1.80. The number of fused-ring (bicyclic) bond motifs is 3. The lowest BCUT2D eigenvalue weighted by molar-refractivity contribution is -0.121. The maximum Gasteiger partial charge on any atom is 0.287 e. The van der Waals surface area contributed by atoms with Crippen LogP contribution in [0.4, 0.5) is 11.5 Å². The van der Waals surface area contributed by atoms with Gasteiger partial charge >= 0.3 is 0 Å². The highest BCUT2D eigenvalue weighted by Crippen LogP contribution is 2.45. The standard InChI is InChI=1S/C24H29N7O2/c1-15(2)8-11-25-22(32)21-29-18-19(30(21)3)26-14-27-20(18)31-12-9-24(10-13-31)16-6-4-5-7-17(16)28-23(24)33/h4-7,14-15H,8-13H2,1-3H3,(H,25,32)(H,28,33). The van der Waals surface area contributed by atoms with Crippen LogP contribution < -0.4 is 15.5 Å². The van der Waals surface area contributed by atoms with E-state index in [1.54, 1.807) is 11.6 Å². The molecule has 1 saturated heterocycles. The monoisotopic (exact) mass is 447 g/mol. The summed E-state index contributed by atoms with van der Waals surface area (Å²) in [4.78, 5) is 41.3. The normalized spacial score (nSPS) is 17.0. The Morgan fingerprint density at radius 2 is 1.97 bits per heavy atom. The van der Waals surface area contributed by atoms with E-state index < -0.39 is 5.41 Å². The fourth-order valence-corrected chi connectivity index (χ4v) is 4.95. The maximum absolute atomic E-state index is 12.9. The van der Waals surface area contributed by atoms with Gasteiger partial charge in [0.05, 0.1) is 5.41 Å². The number of benzene rings is 1. The van der Waals surface area contributed by atoms with Gasteiger partial charge in [-0.15, -0.1) is 0 Å². The number of hydrogen-bond acceptors (Lipinski definition) is 6. The zero-order chi connectivity index (χ0) is 23.2. The highest BCUT2D eigenvalue weighted by molar-refractivity contribution is 6.06. The van der Waals surface area contributed by atoms with E-state index in [0.717, 1.165) is 17.7 Å². The SMILES string of the molecule is CC(C)CCNC(=O)c1nc2c(N3CCC4(CC3)C(=O)Nc3ccccc34)ncnc2n1C. The van der Waals surface area contributed by atoms with Crippen LogP contribution in [0.1, 0.15) is 49.3 Å². The van der Waals surface area contributed by atoms with Crippen LogP contribution in [0.3, 0.4) is 0 Å². The molecule has 0 bridgehead atoms. The summed E-state index contributed by atoms with van der Waals surface area (Å²) < 4.78 is 1.72. The molecule has 0 atom stereocenters. The van der Waals surface area contributed by atoms with Gasteiger partial charge in [-0.05, 0) is 36.8 Å². The topological polar surface area (TPSA) is 105 Å². The Kier molecular flexibility index (Phi) is 5.26. The molecular formula is C24H29N7O2. The third-order valence-corrected chi connectivity index (χ3v) is 6.89. The molecule has 0 unspecified atom stereocenters. The van der Waals surface area contributed by atoms with Gasteiger partial charge in [-0.25, -0.2) is 15.0 Å². The molecular weight excluding hydrogens is 418 g/mol. The van der Waals surface area contributed by atoms with Crippen LogP contribution in [-0.2, 0) is 17.3 Å². The lowest BCUT2D eigenvalue weighted by Crippen LogP contribution is -2.46. The van der Waals surface area contributed by atoms with Gasteiger partial charge in [-0.3, -0.25) is 9.59 Å². The quantitative estimate of drug-likeness (QED) is 0.623. The van der Waals surface area contributed by atoms with Gasteiger partial charge in [0, 0.05) is 32.4 Å². The number of aromatic nitrogens is 4. The van der Waals surface area contributed by atoms with E-state index in [4.69, 9.17) is 0 Å². The summed E-state index contributed by atoms with van der Waals surface area (Å²) >= 11 is 0. The number of nitrogens with one attached hydrogen (secondary N) is 2. The van der Waals surface area contributed by atoms with Crippen LogP contribution in [0.15, 0.2) is 30.6 Å². The Hall–Kier alpha value is -3.49. The minimum Gasteiger partial charge on any atom is -0.355 e. The molecule has 9 nitrogen and oxygen atoms in total. The number of rotatable bonds is 5. The molecule has 2 N–H and O–H groups in total. The molecule has 33 heavy (non-hydrogen) atoms. The second-order valence-corrected chi connectivity index (χ2v) is 9.37. The lowest BCUT2D eigenvalue weighted by Gasteiger charge is -2.38. The molecule has 0 saturated carbocycles. The van der Waals surface area contributed by atoms with Gasteiger partial charge in [0.2, 0.25) is 11.7 Å². The van der Waals surface area contributed by atoms with Crippen molar-refractivity contribution in [1.29, 1.82) is 0 Å². The zero-order valence-corrected chi connectivity index (χ0v) is 19.3. The van der Waals surface area contributed by atoms with Gasteiger partial charge < -0.3 is 20.1 Å². The number of aryl methyl sites for hydroxylation is 1. The highest BCUT2D eigenvalue weighted by Gasteiger charge is 2.48. The van der Waals surface area contributed by atoms with Crippen molar-refractivity contribution in [2.75, 3.05) is 29.9 Å².